The highest BCUT2D eigenvalue weighted by atomic mass is 16.5. The van der Waals surface area contributed by atoms with E-state index in [0.29, 0.717) is 6.04 Å². The fourth-order valence-electron chi connectivity index (χ4n) is 1.78. The van der Waals surface area contributed by atoms with Gasteiger partial charge in [-0.15, -0.1) is 0 Å². The lowest BCUT2D eigenvalue weighted by Gasteiger charge is -2.41. The van der Waals surface area contributed by atoms with Crippen LogP contribution in [0.4, 0.5) is 0 Å². The van der Waals surface area contributed by atoms with E-state index in [0.717, 1.165) is 26.1 Å². The van der Waals surface area contributed by atoms with Crippen molar-refractivity contribution in [3.8, 4) is 0 Å². The molecule has 0 aromatic heterocycles. The summed E-state index contributed by atoms with van der Waals surface area (Å²) >= 11 is 0. The summed E-state index contributed by atoms with van der Waals surface area (Å²) < 4.78 is 5.31. The van der Waals surface area contributed by atoms with Crippen LogP contribution >= 0.6 is 0 Å². The number of carbonyl (C=O) groups excluding carboxylic acids is 1. The van der Waals surface area contributed by atoms with E-state index in [1.165, 1.54) is 0 Å². The second kappa shape index (κ2) is 4.41. The summed E-state index contributed by atoms with van der Waals surface area (Å²) in [6.45, 7) is 7.29. The van der Waals surface area contributed by atoms with E-state index in [1.54, 1.807) is 6.92 Å². The fourth-order valence-corrected chi connectivity index (χ4v) is 1.78. The van der Waals surface area contributed by atoms with Gasteiger partial charge in [0, 0.05) is 19.3 Å². The Morgan fingerprint density at radius 2 is 1.86 bits per heavy atom. The molecule has 0 unspecified atom stereocenters. The average molecular weight is 199 g/mol. The van der Waals surface area contributed by atoms with Crippen molar-refractivity contribution in [2.45, 2.75) is 45.2 Å². The number of hydrogen-bond donors (Lipinski definition) is 0. The number of ketones is 1. The first-order chi connectivity index (χ1) is 6.46. The number of ether oxygens (including phenoxy) is 1. The number of hydrogen-bond acceptors (Lipinski definition) is 3. The van der Waals surface area contributed by atoms with Crippen LogP contribution in [0.2, 0.25) is 0 Å². The highest BCUT2D eigenvalue weighted by molar-refractivity contribution is 5.85. The zero-order valence-electron chi connectivity index (χ0n) is 9.67. The molecule has 0 radical (unpaired) electrons. The van der Waals surface area contributed by atoms with E-state index in [4.69, 9.17) is 4.74 Å². The van der Waals surface area contributed by atoms with E-state index in [9.17, 15) is 4.79 Å². The number of likely N-dealkylation sites (N-methyl/N-ethyl adjacent to an activating group) is 1. The van der Waals surface area contributed by atoms with Gasteiger partial charge in [-0.05, 0) is 40.7 Å². The van der Waals surface area contributed by atoms with Gasteiger partial charge in [0.05, 0.1) is 5.54 Å². The highest BCUT2D eigenvalue weighted by Gasteiger charge is 2.33. The van der Waals surface area contributed by atoms with Crippen LogP contribution < -0.4 is 0 Å². The van der Waals surface area contributed by atoms with Crippen LogP contribution in [-0.4, -0.2) is 42.5 Å². The van der Waals surface area contributed by atoms with Gasteiger partial charge in [-0.2, -0.15) is 0 Å². The van der Waals surface area contributed by atoms with Gasteiger partial charge < -0.3 is 4.74 Å². The Labute approximate surface area is 86.4 Å². The molecule has 1 aliphatic rings. The summed E-state index contributed by atoms with van der Waals surface area (Å²) in [5, 5.41) is 0. The quantitative estimate of drug-likeness (QED) is 0.689. The van der Waals surface area contributed by atoms with Gasteiger partial charge in [-0.3, -0.25) is 9.69 Å². The van der Waals surface area contributed by atoms with Crippen molar-refractivity contribution in [1.82, 2.24) is 4.90 Å². The summed E-state index contributed by atoms with van der Waals surface area (Å²) in [4.78, 5) is 13.7. The molecule has 0 atom stereocenters. The molecule has 0 spiro atoms. The molecule has 0 aromatic carbocycles. The Morgan fingerprint density at radius 3 is 2.29 bits per heavy atom. The minimum atomic E-state index is -0.345. The molecule has 1 heterocycles. The van der Waals surface area contributed by atoms with Gasteiger partial charge in [0.1, 0.15) is 5.78 Å². The maximum Gasteiger partial charge on any atom is 0.149 e. The van der Waals surface area contributed by atoms with Gasteiger partial charge >= 0.3 is 0 Å². The first-order valence-corrected chi connectivity index (χ1v) is 5.28. The Kier molecular flexibility index (Phi) is 3.67. The monoisotopic (exact) mass is 199 g/mol. The first-order valence-electron chi connectivity index (χ1n) is 5.28. The van der Waals surface area contributed by atoms with Crippen LogP contribution in [0, 0.1) is 0 Å². The largest absolute Gasteiger partial charge is 0.381 e. The van der Waals surface area contributed by atoms with E-state index < -0.39 is 0 Å². The second-order valence-corrected chi connectivity index (χ2v) is 4.57. The molecule has 1 fully saturated rings. The van der Waals surface area contributed by atoms with Gasteiger partial charge in [0.2, 0.25) is 0 Å². The van der Waals surface area contributed by atoms with Crippen molar-refractivity contribution >= 4 is 5.78 Å². The normalized spacial score (nSPS) is 20.1. The van der Waals surface area contributed by atoms with Crippen molar-refractivity contribution in [1.29, 1.82) is 0 Å². The smallest absolute Gasteiger partial charge is 0.149 e. The zero-order chi connectivity index (χ0) is 10.8. The average Bonchev–Trinajstić information content (AvgIpc) is 2.17. The van der Waals surface area contributed by atoms with Crippen molar-refractivity contribution in [3.05, 3.63) is 0 Å². The van der Waals surface area contributed by atoms with Gasteiger partial charge in [-0.25, -0.2) is 0 Å². The molecule has 82 valence electrons. The van der Waals surface area contributed by atoms with Crippen LogP contribution in [-0.2, 0) is 9.53 Å². The second-order valence-electron chi connectivity index (χ2n) is 4.57. The van der Waals surface area contributed by atoms with Gasteiger partial charge in [-0.1, -0.05) is 0 Å². The maximum absolute atomic E-state index is 11.5. The van der Waals surface area contributed by atoms with Crippen LogP contribution in [0.1, 0.15) is 33.6 Å². The van der Waals surface area contributed by atoms with E-state index >= 15 is 0 Å². The molecule has 1 rings (SSSR count). The molecule has 0 saturated carbocycles. The molecule has 3 nitrogen and oxygen atoms in total. The molecular weight excluding hydrogens is 178 g/mol. The lowest BCUT2D eigenvalue weighted by atomic mass is 9.94. The molecule has 0 aliphatic carbocycles. The third-order valence-electron chi connectivity index (χ3n) is 3.48. The molecule has 1 saturated heterocycles. The zero-order valence-corrected chi connectivity index (χ0v) is 9.67. The van der Waals surface area contributed by atoms with Crippen LogP contribution in [0.3, 0.4) is 0 Å². The van der Waals surface area contributed by atoms with E-state index in [1.807, 2.05) is 20.9 Å². The molecule has 14 heavy (non-hydrogen) atoms. The minimum absolute atomic E-state index is 0.228. The summed E-state index contributed by atoms with van der Waals surface area (Å²) in [5.41, 5.74) is -0.345. The Bertz CT molecular complexity index is 207. The Balaban J connectivity index is 2.62. The SMILES string of the molecule is CC(=O)C(C)(C)N(C)C1CCOCC1. The number of rotatable bonds is 3. The predicted molar refractivity (Wildman–Crippen MR) is 56.4 cm³/mol. The lowest BCUT2D eigenvalue weighted by Crippen LogP contribution is -2.53. The van der Waals surface area contributed by atoms with Gasteiger partial charge in [0.15, 0.2) is 0 Å². The van der Waals surface area contributed by atoms with E-state index in [2.05, 4.69) is 4.90 Å². The molecule has 3 heteroatoms. The molecule has 0 bridgehead atoms. The molecule has 0 aromatic rings. The molecule has 1 aliphatic heterocycles. The summed E-state index contributed by atoms with van der Waals surface area (Å²) in [6, 6.07) is 0.489. The Morgan fingerprint density at radius 1 is 1.36 bits per heavy atom. The first kappa shape index (κ1) is 11.7. The Hall–Kier alpha value is -0.410. The van der Waals surface area contributed by atoms with Crippen LogP contribution in [0.15, 0.2) is 0 Å². The highest BCUT2D eigenvalue weighted by Crippen LogP contribution is 2.22. The number of nitrogens with zero attached hydrogens (tertiary/aromatic N) is 1. The minimum Gasteiger partial charge on any atom is -0.381 e. The maximum atomic E-state index is 11.5. The van der Waals surface area contributed by atoms with Crippen molar-refractivity contribution < 1.29 is 9.53 Å². The standard InChI is InChI=1S/C11H21NO2/c1-9(13)11(2,3)12(4)10-5-7-14-8-6-10/h10H,5-8H2,1-4H3. The van der Waals surface area contributed by atoms with Crippen molar-refractivity contribution in [3.63, 3.8) is 0 Å². The van der Waals surface area contributed by atoms with Crippen LogP contribution in [0.5, 0.6) is 0 Å². The molecular formula is C11H21NO2. The van der Waals surface area contributed by atoms with Crippen molar-refractivity contribution in [2.24, 2.45) is 0 Å². The third-order valence-corrected chi connectivity index (χ3v) is 3.48. The summed E-state index contributed by atoms with van der Waals surface area (Å²) in [6.07, 6.45) is 2.07. The van der Waals surface area contributed by atoms with Crippen molar-refractivity contribution in [2.75, 3.05) is 20.3 Å². The van der Waals surface area contributed by atoms with Crippen LogP contribution in [0.25, 0.3) is 0 Å². The summed E-state index contributed by atoms with van der Waals surface area (Å²) in [5.74, 6) is 0.228. The topological polar surface area (TPSA) is 29.5 Å². The third kappa shape index (κ3) is 2.34. The molecule has 0 amide bonds. The number of carbonyl (C=O) groups is 1. The predicted octanol–water partition coefficient (Wildman–Crippen LogP) is 1.46. The summed E-state index contributed by atoms with van der Waals surface area (Å²) in [7, 11) is 2.04. The lowest BCUT2D eigenvalue weighted by molar-refractivity contribution is -0.129. The number of Topliss-reactive ketones (excluding diaryl/α,β-unsaturated/α-hetero) is 1. The van der Waals surface area contributed by atoms with E-state index in [-0.39, 0.29) is 11.3 Å². The molecule has 0 N–H and O–H groups in total. The van der Waals surface area contributed by atoms with Gasteiger partial charge in [0.25, 0.3) is 0 Å². The fraction of sp³-hybridized carbons (Fsp3) is 0.909.